The van der Waals surface area contributed by atoms with Gasteiger partial charge in [0, 0.05) is 0 Å². The van der Waals surface area contributed by atoms with Crippen molar-refractivity contribution in [3.05, 3.63) is 5.82 Å². The molecule has 2 N–H and O–H groups in total. The summed E-state index contributed by atoms with van der Waals surface area (Å²) < 4.78 is 0. The van der Waals surface area contributed by atoms with Crippen LogP contribution in [0.5, 0.6) is 0 Å². The first-order valence-electron chi connectivity index (χ1n) is 4.47. The largest absolute Gasteiger partial charge is 0.315 e. The van der Waals surface area contributed by atoms with Crippen molar-refractivity contribution in [3.63, 3.8) is 0 Å². The number of amides is 3. The van der Waals surface area contributed by atoms with Crippen LogP contribution in [0.15, 0.2) is 0 Å². The Balaban J connectivity index is 2.23. The van der Waals surface area contributed by atoms with Crippen molar-refractivity contribution in [2.45, 2.75) is 13.0 Å². The number of piperazine rings is 1. The average molecular weight is 224 g/mol. The maximum atomic E-state index is 11.8. The number of rotatable bonds is 1. The molecule has 1 aromatic heterocycles. The number of carbonyl (C=O) groups excluding carboxylic acids is 3. The number of hydrogen-bond acceptors (Lipinski definition) is 6. The molecule has 1 atom stereocenters. The van der Waals surface area contributed by atoms with Crippen LogP contribution in [0.4, 0.5) is 0 Å². The fraction of sp³-hybridized carbons (Fsp3) is 0.429. The summed E-state index contributed by atoms with van der Waals surface area (Å²) in [5.41, 5.74) is 0. The second kappa shape index (κ2) is 3.68. The molecule has 0 radical (unpaired) electrons. The Morgan fingerprint density at radius 2 is 2.25 bits per heavy atom. The maximum Gasteiger partial charge on any atom is 0.296 e. The lowest BCUT2D eigenvalue weighted by atomic mass is 10.2. The predicted molar refractivity (Wildman–Crippen MR) is 47.8 cm³/mol. The topological polar surface area (TPSA) is 121 Å². The molecule has 0 aliphatic carbocycles. The normalized spacial score (nSPS) is 20.8. The predicted octanol–water partition coefficient (Wildman–Crippen LogP) is -2.31. The third kappa shape index (κ3) is 1.62. The molecule has 0 aromatic carbocycles. The van der Waals surface area contributed by atoms with Crippen molar-refractivity contribution in [1.82, 2.24) is 30.8 Å². The van der Waals surface area contributed by atoms with Gasteiger partial charge in [-0.05, 0) is 12.1 Å². The van der Waals surface area contributed by atoms with Gasteiger partial charge in [-0.1, -0.05) is 0 Å². The number of nitrogens with zero attached hydrogens (tertiary/aromatic N) is 4. The molecule has 0 spiro atoms. The lowest BCUT2D eigenvalue weighted by Gasteiger charge is -2.30. The van der Waals surface area contributed by atoms with Gasteiger partial charge >= 0.3 is 0 Å². The third-order valence-corrected chi connectivity index (χ3v) is 2.22. The van der Waals surface area contributed by atoms with Gasteiger partial charge in [0.1, 0.15) is 12.6 Å². The van der Waals surface area contributed by atoms with E-state index in [1.54, 1.807) is 0 Å². The highest BCUT2D eigenvalue weighted by molar-refractivity contribution is 6.06. The number of aromatic amines is 1. The van der Waals surface area contributed by atoms with Crippen LogP contribution in [0.3, 0.4) is 0 Å². The highest BCUT2D eigenvalue weighted by Crippen LogP contribution is 2.07. The van der Waals surface area contributed by atoms with Crippen molar-refractivity contribution in [1.29, 1.82) is 0 Å². The number of imide groups is 1. The first kappa shape index (κ1) is 10.2. The lowest BCUT2D eigenvalue weighted by molar-refractivity contribution is -0.138. The molecule has 1 unspecified atom stereocenters. The van der Waals surface area contributed by atoms with Crippen molar-refractivity contribution in [2.75, 3.05) is 6.54 Å². The number of nitrogens with one attached hydrogen (secondary N) is 2. The Morgan fingerprint density at radius 1 is 1.50 bits per heavy atom. The summed E-state index contributed by atoms with van der Waals surface area (Å²) in [4.78, 5) is 35.3. The molecule has 16 heavy (non-hydrogen) atoms. The van der Waals surface area contributed by atoms with Gasteiger partial charge in [0.05, 0.1) is 0 Å². The highest BCUT2D eigenvalue weighted by atomic mass is 16.2. The van der Waals surface area contributed by atoms with E-state index in [1.807, 2.05) is 0 Å². The Bertz CT molecular complexity index is 441. The fourth-order valence-electron chi connectivity index (χ4n) is 1.34. The van der Waals surface area contributed by atoms with E-state index in [-0.39, 0.29) is 12.4 Å². The van der Waals surface area contributed by atoms with Crippen LogP contribution in [-0.4, -0.2) is 55.8 Å². The van der Waals surface area contributed by atoms with Gasteiger partial charge in [0.25, 0.3) is 11.7 Å². The van der Waals surface area contributed by atoms with Crippen LogP contribution in [-0.2, 0) is 9.59 Å². The minimum atomic E-state index is -0.733. The molecule has 9 heteroatoms. The molecule has 1 aliphatic rings. The first-order chi connectivity index (χ1) is 7.59. The molecule has 0 bridgehead atoms. The zero-order valence-electron chi connectivity index (χ0n) is 8.30. The van der Waals surface area contributed by atoms with Crippen LogP contribution in [0.2, 0.25) is 0 Å². The van der Waals surface area contributed by atoms with Crippen LogP contribution >= 0.6 is 0 Å². The van der Waals surface area contributed by atoms with E-state index >= 15 is 0 Å². The van der Waals surface area contributed by atoms with Crippen LogP contribution in [0.25, 0.3) is 0 Å². The van der Waals surface area contributed by atoms with Crippen molar-refractivity contribution >= 4 is 17.7 Å². The number of H-pyrrole nitrogens is 1. The van der Waals surface area contributed by atoms with Gasteiger partial charge in [0.15, 0.2) is 0 Å². The van der Waals surface area contributed by atoms with E-state index in [0.29, 0.717) is 0 Å². The lowest BCUT2D eigenvalue weighted by Crippen LogP contribution is -2.58. The molecule has 2 rings (SSSR count). The smallest absolute Gasteiger partial charge is 0.296 e. The molecular formula is C7H8N6O3. The summed E-state index contributed by atoms with van der Waals surface area (Å²) in [7, 11) is 0. The number of carbonyl (C=O) groups is 3. The fourth-order valence-corrected chi connectivity index (χ4v) is 1.34. The van der Waals surface area contributed by atoms with E-state index in [2.05, 4.69) is 25.9 Å². The SMILES string of the molecule is CC1C(=O)NC(=O)CN1C(=O)c1nn[nH]n1. The molecule has 0 saturated carbocycles. The zero-order chi connectivity index (χ0) is 11.7. The minimum Gasteiger partial charge on any atom is -0.315 e. The molecule has 84 valence electrons. The van der Waals surface area contributed by atoms with Crippen LogP contribution in [0.1, 0.15) is 17.5 Å². The second-order valence-corrected chi connectivity index (χ2v) is 3.26. The molecule has 1 fully saturated rings. The van der Waals surface area contributed by atoms with Crippen molar-refractivity contribution < 1.29 is 14.4 Å². The summed E-state index contributed by atoms with van der Waals surface area (Å²) >= 11 is 0. The van der Waals surface area contributed by atoms with E-state index < -0.39 is 23.8 Å². The Hall–Kier alpha value is -2.32. The van der Waals surface area contributed by atoms with Gasteiger partial charge in [-0.3, -0.25) is 19.7 Å². The molecule has 1 saturated heterocycles. The molecule has 1 aromatic rings. The quantitative estimate of drug-likeness (QED) is 0.517. The van der Waals surface area contributed by atoms with Gasteiger partial charge < -0.3 is 4.90 Å². The zero-order valence-corrected chi connectivity index (χ0v) is 8.30. The highest BCUT2D eigenvalue weighted by Gasteiger charge is 2.35. The Morgan fingerprint density at radius 3 is 2.88 bits per heavy atom. The van der Waals surface area contributed by atoms with E-state index in [0.717, 1.165) is 4.90 Å². The van der Waals surface area contributed by atoms with Crippen molar-refractivity contribution in [2.24, 2.45) is 0 Å². The van der Waals surface area contributed by atoms with E-state index in [9.17, 15) is 14.4 Å². The summed E-state index contributed by atoms with van der Waals surface area (Å²) in [6, 6.07) is -0.733. The van der Waals surface area contributed by atoms with E-state index in [1.165, 1.54) is 6.92 Å². The van der Waals surface area contributed by atoms with Crippen LogP contribution < -0.4 is 5.32 Å². The summed E-state index contributed by atoms with van der Waals surface area (Å²) in [5, 5.41) is 14.5. The standard InChI is InChI=1S/C7H8N6O3/c1-3-6(15)8-4(14)2-13(3)7(16)5-9-11-12-10-5/h3H,2H2,1H3,(H,8,14,15)(H,9,10,11,12). The number of tetrazole rings is 1. The summed E-state index contributed by atoms with van der Waals surface area (Å²) in [6.45, 7) is 1.32. The van der Waals surface area contributed by atoms with Crippen molar-refractivity contribution in [3.8, 4) is 0 Å². The summed E-state index contributed by atoms with van der Waals surface area (Å²) in [5.74, 6) is -1.83. The Kier molecular flexibility index (Phi) is 2.35. The molecule has 9 nitrogen and oxygen atoms in total. The molecular weight excluding hydrogens is 216 g/mol. The number of hydrogen-bond donors (Lipinski definition) is 2. The maximum absolute atomic E-state index is 11.8. The van der Waals surface area contributed by atoms with Crippen LogP contribution in [0, 0.1) is 0 Å². The number of aromatic nitrogens is 4. The van der Waals surface area contributed by atoms with Gasteiger partial charge in [0.2, 0.25) is 11.8 Å². The van der Waals surface area contributed by atoms with Gasteiger partial charge in [-0.2, -0.15) is 5.21 Å². The van der Waals surface area contributed by atoms with Gasteiger partial charge in [-0.25, -0.2) is 0 Å². The summed E-state index contributed by atoms with van der Waals surface area (Å²) in [6.07, 6.45) is 0. The average Bonchev–Trinajstić information content (AvgIpc) is 2.75. The van der Waals surface area contributed by atoms with E-state index in [4.69, 9.17) is 0 Å². The Labute approximate surface area is 89.2 Å². The monoisotopic (exact) mass is 224 g/mol. The molecule has 1 aliphatic heterocycles. The minimum absolute atomic E-state index is 0.172. The third-order valence-electron chi connectivity index (χ3n) is 2.22. The van der Waals surface area contributed by atoms with Gasteiger partial charge in [-0.15, -0.1) is 10.2 Å². The molecule has 2 heterocycles. The second-order valence-electron chi connectivity index (χ2n) is 3.26. The molecule has 3 amide bonds. The first-order valence-corrected chi connectivity index (χ1v) is 4.47.